The van der Waals surface area contributed by atoms with Gasteiger partial charge in [0.25, 0.3) is 0 Å². The Bertz CT molecular complexity index is 868. The normalized spacial score (nSPS) is 17.2. The molecule has 0 saturated carbocycles. The van der Waals surface area contributed by atoms with Crippen molar-refractivity contribution < 1.29 is 18.9 Å². The van der Waals surface area contributed by atoms with Gasteiger partial charge in [-0.1, -0.05) is 44.2 Å². The number of rotatable bonds is 11. The lowest BCUT2D eigenvalue weighted by Gasteiger charge is -2.17. The first-order valence-electron chi connectivity index (χ1n) is 11.5. The largest absolute Gasteiger partial charge is 0.491 e. The molecule has 0 spiro atoms. The van der Waals surface area contributed by atoms with Crippen molar-refractivity contribution >= 4 is 5.71 Å². The average molecular weight is 441 g/mol. The molecule has 32 heavy (non-hydrogen) atoms. The van der Waals surface area contributed by atoms with Gasteiger partial charge in [0.1, 0.15) is 11.4 Å². The monoisotopic (exact) mass is 440 g/mol. The third-order valence-corrected chi connectivity index (χ3v) is 5.74. The summed E-state index contributed by atoms with van der Waals surface area (Å²) in [6.07, 6.45) is 2.34. The van der Waals surface area contributed by atoms with E-state index in [0.29, 0.717) is 51.2 Å². The van der Waals surface area contributed by atoms with Crippen molar-refractivity contribution in [2.75, 3.05) is 40.6 Å². The highest BCUT2D eigenvalue weighted by Crippen LogP contribution is 2.33. The molecular weight excluding hydrogens is 404 g/mol. The average Bonchev–Trinajstić information content (AvgIpc) is 2.99. The highest BCUT2D eigenvalue weighted by Gasteiger charge is 2.27. The van der Waals surface area contributed by atoms with Gasteiger partial charge in [-0.05, 0) is 17.9 Å². The predicted octanol–water partition coefficient (Wildman–Crippen LogP) is 4.73. The van der Waals surface area contributed by atoms with Crippen LogP contribution in [0.3, 0.4) is 0 Å². The molecule has 1 aromatic heterocycles. The smallest absolute Gasteiger partial charge is 0.150 e. The summed E-state index contributed by atoms with van der Waals surface area (Å²) in [5.74, 6) is 2.38. The van der Waals surface area contributed by atoms with Crippen LogP contribution >= 0.6 is 0 Å². The number of nitrogens with zero attached hydrogens (tertiary/aromatic N) is 2. The summed E-state index contributed by atoms with van der Waals surface area (Å²) in [6.45, 7) is 7.56. The Morgan fingerprint density at radius 1 is 1.09 bits per heavy atom. The molecule has 3 rings (SSSR count). The first kappa shape index (κ1) is 24.2. The molecule has 6 heteroatoms. The Morgan fingerprint density at radius 2 is 1.88 bits per heavy atom. The molecule has 1 aromatic carbocycles. The molecule has 2 heterocycles. The molecule has 2 aromatic rings. The van der Waals surface area contributed by atoms with E-state index in [4.69, 9.17) is 28.9 Å². The van der Waals surface area contributed by atoms with Crippen LogP contribution in [0.2, 0.25) is 0 Å². The molecular formula is C26H36N2O4. The first-order valence-corrected chi connectivity index (χ1v) is 11.5. The van der Waals surface area contributed by atoms with Crippen LogP contribution in [0.15, 0.2) is 41.4 Å². The molecule has 174 valence electrons. The Labute approximate surface area is 192 Å². The van der Waals surface area contributed by atoms with Crippen molar-refractivity contribution in [3.63, 3.8) is 0 Å². The minimum absolute atomic E-state index is 0.382. The minimum Gasteiger partial charge on any atom is -0.491 e. The third-order valence-electron chi connectivity index (χ3n) is 5.74. The molecule has 0 N–H and O–H groups in total. The van der Waals surface area contributed by atoms with Gasteiger partial charge in [0.2, 0.25) is 0 Å². The Morgan fingerprint density at radius 3 is 2.59 bits per heavy atom. The summed E-state index contributed by atoms with van der Waals surface area (Å²) < 4.78 is 22.8. The van der Waals surface area contributed by atoms with Crippen molar-refractivity contribution in [1.82, 2.24) is 4.98 Å². The van der Waals surface area contributed by atoms with Crippen LogP contribution in [-0.4, -0.2) is 51.3 Å². The van der Waals surface area contributed by atoms with Gasteiger partial charge in [-0.3, -0.25) is 4.99 Å². The van der Waals surface area contributed by atoms with Crippen LogP contribution in [0.5, 0.6) is 11.5 Å². The Balaban J connectivity index is 1.94. The zero-order chi connectivity index (χ0) is 22.8. The zero-order valence-electron chi connectivity index (χ0n) is 19.8. The highest BCUT2D eigenvalue weighted by molar-refractivity contribution is 6.01. The molecule has 0 fully saturated rings. The van der Waals surface area contributed by atoms with Crippen molar-refractivity contribution in [3.8, 4) is 11.5 Å². The van der Waals surface area contributed by atoms with Gasteiger partial charge >= 0.3 is 0 Å². The van der Waals surface area contributed by atoms with Gasteiger partial charge in [-0.25, -0.2) is 4.98 Å². The standard InChI is InChI=1S/C26H36N2O4/c1-19(2)21-15-23(27-17-20-9-6-5-7-10-20)26-25(32-18-21)16-24(31-13-8-12-29-3)22(28-26)11-14-30-4/h5-7,9-10,16,19,21H,8,11-15,17-18H2,1-4H3/b27-23+. The number of benzene rings is 1. The van der Waals surface area contributed by atoms with Gasteiger partial charge in [-0.15, -0.1) is 0 Å². The van der Waals surface area contributed by atoms with E-state index in [2.05, 4.69) is 26.0 Å². The number of aromatic nitrogens is 1. The number of aliphatic imine (C=N–C) groups is 1. The number of methoxy groups -OCH3 is 2. The van der Waals surface area contributed by atoms with Crippen LogP contribution in [0.1, 0.15) is 43.6 Å². The number of fused-ring (bicyclic) bond motifs is 1. The molecule has 1 aliphatic rings. The molecule has 1 atom stereocenters. The highest BCUT2D eigenvalue weighted by atomic mass is 16.5. The van der Waals surface area contributed by atoms with Gasteiger partial charge in [-0.2, -0.15) is 0 Å². The number of hydrogen-bond acceptors (Lipinski definition) is 6. The molecule has 0 aliphatic carbocycles. The van der Waals surface area contributed by atoms with Crippen LogP contribution < -0.4 is 9.47 Å². The summed E-state index contributed by atoms with van der Waals surface area (Å²) >= 11 is 0. The molecule has 0 bridgehead atoms. The van der Waals surface area contributed by atoms with E-state index in [-0.39, 0.29) is 0 Å². The summed E-state index contributed by atoms with van der Waals surface area (Å²) in [4.78, 5) is 10.0. The number of ether oxygens (including phenoxy) is 4. The van der Waals surface area contributed by atoms with Crippen molar-refractivity contribution in [2.45, 2.75) is 39.7 Å². The van der Waals surface area contributed by atoms with E-state index in [9.17, 15) is 0 Å². The maximum absolute atomic E-state index is 6.25. The van der Waals surface area contributed by atoms with Crippen molar-refractivity contribution in [3.05, 3.63) is 53.3 Å². The van der Waals surface area contributed by atoms with E-state index in [1.807, 2.05) is 24.3 Å². The van der Waals surface area contributed by atoms with Gasteiger partial charge < -0.3 is 18.9 Å². The maximum atomic E-state index is 6.25. The topological polar surface area (TPSA) is 62.2 Å². The fourth-order valence-electron chi connectivity index (χ4n) is 3.66. The quantitative estimate of drug-likeness (QED) is 0.473. The van der Waals surface area contributed by atoms with Crippen molar-refractivity contribution in [2.24, 2.45) is 16.8 Å². The van der Waals surface area contributed by atoms with Gasteiger partial charge in [0, 0.05) is 45.7 Å². The van der Waals surface area contributed by atoms with Crippen LogP contribution in [0.25, 0.3) is 0 Å². The Kier molecular flexibility index (Phi) is 9.50. The van der Waals surface area contributed by atoms with E-state index in [1.165, 1.54) is 5.56 Å². The second kappa shape index (κ2) is 12.6. The molecule has 1 aliphatic heterocycles. The van der Waals surface area contributed by atoms with Gasteiger partial charge in [0.05, 0.1) is 37.8 Å². The van der Waals surface area contributed by atoms with Crippen LogP contribution in [0.4, 0.5) is 0 Å². The first-order chi connectivity index (χ1) is 15.6. The lowest BCUT2D eigenvalue weighted by Crippen LogP contribution is -2.18. The van der Waals surface area contributed by atoms with E-state index in [0.717, 1.165) is 41.4 Å². The zero-order valence-corrected chi connectivity index (χ0v) is 19.8. The van der Waals surface area contributed by atoms with E-state index >= 15 is 0 Å². The second-order valence-corrected chi connectivity index (χ2v) is 8.49. The predicted molar refractivity (Wildman–Crippen MR) is 127 cm³/mol. The number of pyridine rings is 1. The SMILES string of the molecule is COCCCOc1cc2c(nc1CCOC)/C(=N/Cc1ccccc1)CC(C(C)C)CO2. The van der Waals surface area contributed by atoms with Crippen LogP contribution in [0, 0.1) is 11.8 Å². The van der Waals surface area contributed by atoms with E-state index in [1.54, 1.807) is 14.2 Å². The summed E-state index contributed by atoms with van der Waals surface area (Å²) in [7, 11) is 3.40. The number of hydrogen-bond donors (Lipinski definition) is 0. The Hall–Kier alpha value is -2.44. The summed E-state index contributed by atoms with van der Waals surface area (Å²) in [6, 6.07) is 12.3. The molecule has 0 saturated heterocycles. The summed E-state index contributed by atoms with van der Waals surface area (Å²) in [5, 5.41) is 0. The van der Waals surface area contributed by atoms with Gasteiger partial charge in [0.15, 0.2) is 5.75 Å². The fourth-order valence-corrected chi connectivity index (χ4v) is 3.66. The lowest BCUT2D eigenvalue weighted by molar-refractivity contribution is 0.170. The summed E-state index contributed by atoms with van der Waals surface area (Å²) in [5.41, 5.74) is 3.90. The molecule has 0 amide bonds. The lowest BCUT2D eigenvalue weighted by atomic mass is 9.91. The van der Waals surface area contributed by atoms with Crippen LogP contribution in [-0.2, 0) is 22.4 Å². The fraction of sp³-hybridized carbons (Fsp3) is 0.538. The van der Waals surface area contributed by atoms with E-state index < -0.39 is 0 Å². The second-order valence-electron chi connectivity index (χ2n) is 8.49. The molecule has 1 unspecified atom stereocenters. The minimum atomic E-state index is 0.382. The van der Waals surface area contributed by atoms with Crippen molar-refractivity contribution in [1.29, 1.82) is 0 Å². The maximum Gasteiger partial charge on any atom is 0.150 e. The molecule has 0 radical (unpaired) electrons. The third kappa shape index (κ3) is 6.78. The molecule has 6 nitrogen and oxygen atoms in total.